The van der Waals surface area contributed by atoms with E-state index in [4.69, 9.17) is 10.6 Å². The molecule has 0 aromatic heterocycles. The average Bonchev–Trinajstić information content (AvgIpc) is 2.93. The van der Waals surface area contributed by atoms with Gasteiger partial charge in [-0.1, -0.05) is 26.2 Å². The van der Waals surface area contributed by atoms with E-state index in [9.17, 15) is 0 Å². The third-order valence-corrected chi connectivity index (χ3v) is 5.08. The molecule has 2 rings (SSSR count). The molecule has 0 radical (unpaired) electrons. The third-order valence-electron chi connectivity index (χ3n) is 5.08. The van der Waals surface area contributed by atoms with Gasteiger partial charge in [0.05, 0.1) is 6.10 Å². The first-order valence-electron chi connectivity index (χ1n) is 7.91. The van der Waals surface area contributed by atoms with E-state index < -0.39 is 0 Å². The molecule has 1 saturated heterocycles. The average molecular weight is 254 g/mol. The number of rotatable bonds is 6. The summed E-state index contributed by atoms with van der Waals surface area (Å²) in [5.74, 6) is 7.53. The standard InChI is InChI=1S/C15H30N2O/c1-2-12-5-7-13(8-6-12)15(17-16)10-9-14-4-3-11-18-14/h12-15,17H,2-11,16H2,1H3. The van der Waals surface area contributed by atoms with Crippen molar-refractivity contribution in [2.24, 2.45) is 17.7 Å². The van der Waals surface area contributed by atoms with Crippen molar-refractivity contribution in [1.82, 2.24) is 5.43 Å². The van der Waals surface area contributed by atoms with Crippen molar-refractivity contribution in [2.75, 3.05) is 6.61 Å². The molecule has 2 atom stereocenters. The second kappa shape index (κ2) is 7.46. The highest BCUT2D eigenvalue weighted by molar-refractivity contribution is 4.81. The quantitative estimate of drug-likeness (QED) is 0.566. The maximum atomic E-state index is 5.76. The molecule has 3 heteroatoms. The molecule has 106 valence electrons. The van der Waals surface area contributed by atoms with Gasteiger partial charge < -0.3 is 4.74 Å². The molecule has 1 aliphatic heterocycles. The van der Waals surface area contributed by atoms with E-state index in [-0.39, 0.29) is 0 Å². The minimum Gasteiger partial charge on any atom is -0.378 e. The zero-order valence-corrected chi connectivity index (χ0v) is 11.9. The lowest BCUT2D eigenvalue weighted by Crippen LogP contribution is -2.42. The maximum Gasteiger partial charge on any atom is 0.0576 e. The molecule has 1 heterocycles. The summed E-state index contributed by atoms with van der Waals surface area (Å²) < 4.78 is 5.70. The van der Waals surface area contributed by atoms with Crippen LogP contribution in [-0.2, 0) is 4.74 Å². The smallest absolute Gasteiger partial charge is 0.0576 e. The van der Waals surface area contributed by atoms with Crippen molar-refractivity contribution in [3.8, 4) is 0 Å². The van der Waals surface area contributed by atoms with Gasteiger partial charge in [-0.15, -0.1) is 0 Å². The monoisotopic (exact) mass is 254 g/mol. The molecule has 2 fully saturated rings. The molecule has 1 saturated carbocycles. The molecular formula is C15H30N2O. The molecule has 0 aromatic carbocycles. The molecule has 1 aliphatic carbocycles. The third kappa shape index (κ3) is 3.94. The number of hydrogen-bond donors (Lipinski definition) is 2. The highest BCUT2D eigenvalue weighted by Gasteiger charge is 2.27. The number of hydrogen-bond acceptors (Lipinski definition) is 3. The van der Waals surface area contributed by atoms with Crippen molar-refractivity contribution in [1.29, 1.82) is 0 Å². The number of ether oxygens (including phenoxy) is 1. The van der Waals surface area contributed by atoms with Crippen molar-refractivity contribution in [3.63, 3.8) is 0 Å². The van der Waals surface area contributed by atoms with E-state index in [1.165, 1.54) is 57.8 Å². The Morgan fingerprint density at radius 3 is 2.56 bits per heavy atom. The van der Waals surface area contributed by atoms with Crippen LogP contribution in [0.5, 0.6) is 0 Å². The fourth-order valence-electron chi connectivity index (χ4n) is 3.69. The van der Waals surface area contributed by atoms with Crippen LogP contribution in [0.4, 0.5) is 0 Å². The molecule has 3 nitrogen and oxygen atoms in total. The Labute approximate surface area is 112 Å². The summed E-state index contributed by atoms with van der Waals surface area (Å²) in [6.07, 6.45) is 12.2. The largest absolute Gasteiger partial charge is 0.378 e. The minimum absolute atomic E-state index is 0.506. The molecule has 0 spiro atoms. The van der Waals surface area contributed by atoms with Crippen molar-refractivity contribution >= 4 is 0 Å². The van der Waals surface area contributed by atoms with E-state index >= 15 is 0 Å². The van der Waals surface area contributed by atoms with Gasteiger partial charge in [0.25, 0.3) is 0 Å². The van der Waals surface area contributed by atoms with Gasteiger partial charge in [-0.05, 0) is 50.4 Å². The van der Waals surface area contributed by atoms with Crippen molar-refractivity contribution in [3.05, 3.63) is 0 Å². The second-order valence-electron chi connectivity index (χ2n) is 6.17. The topological polar surface area (TPSA) is 47.3 Å². The maximum absolute atomic E-state index is 5.76. The Hall–Kier alpha value is -0.120. The zero-order valence-electron chi connectivity index (χ0n) is 11.9. The summed E-state index contributed by atoms with van der Waals surface area (Å²) >= 11 is 0. The van der Waals surface area contributed by atoms with Gasteiger partial charge in [0.15, 0.2) is 0 Å². The molecule has 0 amide bonds. The fraction of sp³-hybridized carbons (Fsp3) is 1.00. The number of nitrogens with one attached hydrogen (secondary N) is 1. The van der Waals surface area contributed by atoms with Gasteiger partial charge in [0.1, 0.15) is 0 Å². The zero-order chi connectivity index (χ0) is 12.8. The summed E-state index contributed by atoms with van der Waals surface area (Å²) in [5.41, 5.74) is 3.07. The normalized spacial score (nSPS) is 34.7. The van der Waals surface area contributed by atoms with Gasteiger partial charge in [-0.2, -0.15) is 0 Å². The minimum atomic E-state index is 0.506. The van der Waals surface area contributed by atoms with Crippen LogP contribution in [0.15, 0.2) is 0 Å². The van der Waals surface area contributed by atoms with Gasteiger partial charge >= 0.3 is 0 Å². The van der Waals surface area contributed by atoms with Gasteiger partial charge in [-0.3, -0.25) is 11.3 Å². The summed E-state index contributed by atoms with van der Waals surface area (Å²) in [5, 5.41) is 0. The fourth-order valence-corrected chi connectivity index (χ4v) is 3.69. The predicted octanol–water partition coefficient (Wildman–Crippen LogP) is 2.99. The van der Waals surface area contributed by atoms with Crippen LogP contribution in [0.2, 0.25) is 0 Å². The summed E-state index contributed by atoms with van der Waals surface area (Å²) in [6.45, 7) is 3.29. The summed E-state index contributed by atoms with van der Waals surface area (Å²) in [7, 11) is 0. The van der Waals surface area contributed by atoms with Gasteiger partial charge in [0.2, 0.25) is 0 Å². The van der Waals surface area contributed by atoms with Crippen LogP contribution in [-0.4, -0.2) is 18.8 Å². The van der Waals surface area contributed by atoms with Gasteiger partial charge in [-0.25, -0.2) is 0 Å². The first-order valence-corrected chi connectivity index (χ1v) is 7.91. The van der Waals surface area contributed by atoms with Crippen molar-refractivity contribution < 1.29 is 4.74 Å². The number of hydrazine groups is 1. The first-order chi connectivity index (χ1) is 8.83. The number of nitrogens with two attached hydrogens (primary N) is 1. The summed E-state index contributed by atoms with van der Waals surface area (Å²) in [6, 6.07) is 0.506. The Balaban J connectivity index is 1.70. The molecule has 18 heavy (non-hydrogen) atoms. The lowest BCUT2D eigenvalue weighted by molar-refractivity contribution is 0.0944. The molecule has 2 unspecified atom stereocenters. The van der Waals surface area contributed by atoms with Crippen LogP contribution < -0.4 is 11.3 Å². The second-order valence-corrected chi connectivity index (χ2v) is 6.17. The summed E-state index contributed by atoms with van der Waals surface area (Å²) in [4.78, 5) is 0. The van der Waals surface area contributed by atoms with Crippen LogP contribution in [0.3, 0.4) is 0 Å². The van der Waals surface area contributed by atoms with E-state index in [0.29, 0.717) is 12.1 Å². The van der Waals surface area contributed by atoms with E-state index in [1.807, 2.05) is 0 Å². The molecular weight excluding hydrogens is 224 g/mol. The van der Waals surface area contributed by atoms with E-state index in [2.05, 4.69) is 12.3 Å². The predicted molar refractivity (Wildman–Crippen MR) is 75.1 cm³/mol. The van der Waals surface area contributed by atoms with Crippen LogP contribution in [0.25, 0.3) is 0 Å². The van der Waals surface area contributed by atoms with Crippen LogP contribution in [0, 0.1) is 11.8 Å². The first kappa shape index (κ1) is 14.3. The Morgan fingerprint density at radius 1 is 1.22 bits per heavy atom. The Morgan fingerprint density at radius 2 is 2.00 bits per heavy atom. The lowest BCUT2D eigenvalue weighted by atomic mass is 9.76. The van der Waals surface area contributed by atoms with Gasteiger partial charge in [0, 0.05) is 12.6 Å². The van der Waals surface area contributed by atoms with E-state index in [1.54, 1.807) is 0 Å². The molecule has 0 bridgehead atoms. The van der Waals surface area contributed by atoms with E-state index in [0.717, 1.165) is 18.4 Å². The SMILES string of the molecule is CCC1CCC(C(CCC2CCCO2)NN)CC1. The highest BCUT2D eigenvalue weighted by Crippen LogP contribution is 2.33. The van der Waals surface area contributed by atoms with Crippen molar-refractivity contribution in [2.45, 2.75) is 76.9 Å². The molecule has 2 aliphatic rings. The van der Waals surface area contributed by atoms with Crippen LogP contribution in [0.1, 0.15) is 64.7 Å². The lowest BCUT2D eigenvalue weighted by Gasteiger charge is -2.33. The molecule has 0 aromatic rings. The Bertz CT molecular complexity index is 221. The molecule has 3 N–H and O–H groups in total. The van der Waals surface area contributed by atoms with Crippen LogP contribution >= 0.6 is 0 Å². The highest BCUT2D eigenvalue weighted by atomic mass is 16.5. The Kier molecular flexibility index (Phi) is 5.93.